The Morgan fingerprint density at radius 1 is 1.35 bits per heavy atom. The van der Waals surface area contributed by atoms with Crippen molar-refractivity contribution in [2.24, 2.45) is 5.92 Å². The summed E-state index contributed by atoms with van der Waals surface area (Å²) in [5.74, 6) is -0.0919. The number of carbonyl (C=O) groups is 1. The van der Waals surface area contributed by atoms with Crippen LogP contribution in [0.2, 0.25) is 0 Å². The predicted molar refractivity (Wildman–Crippen MR) is 65.3 cm³/mol. The molecule has 17 heavy (non-hydrogen) atoms. The van der Waals surface area contributed by atoms with Gasteiger partial charge >= 0.3 is 0 Å². The highest BCUT2D eigenvalue weighted by atomic mass is 19.1. The molecule has 2 nitrogen and oxygen atoms in total. The number of carbonyl (C=O) groups excluding carboxylic acids is 1. The van der Waals surface area contributed by atoms with E-state index in [-0.39, 0.29) is 17.5 Å². The summed E-state index contributed by atoms with van der Waals surface area (Å²) in [6, 6.07) is 6.32. The highest BCUT2D eigenvalue weighted by molar-refractivity contribution is 5.94. The molecule has 0 heterocycles. The molecule has 1 N–H and O–H groups in total. The Balaban J connectivity index is 1.99. The van der Waals surface area contributed by atoms with Crippen molar-refractivity contribution in [1.29, 1.82) is 0 Å². The largest absolute Gasteiger partial charge is 0.349 e. The zero-order chi connectivity index (χ0) is 12.3. The third-order valence-electron chi connectivity index (χ3n) is 3.39. The van der Waals surface area contributed by atoms with Crippen LogP contribution in [0.5, 0.6) is 0 Å². The van der Waals surface area contributed by atoms with E-state index in [2.05, 4.69) is 12.2 Å². The van der Waals surface area contributed by atoms with E-state index in [9.17, 15) is 9.18 Å². The molecular formula is C14H18FNO. The topological polar surface area (TPSA) is 29.1 Å². The van der Waals surface area contributed by atoms with E-state index in [1.807, 2.05) is 0 Å². The second kappa shape index (κ2) is 5.30. The first-order chi connectivity index (χ1) is 8.16. The maximum absolute atomic E-state index is 13.4. The lowest BCUT2D eigenvalue weighted by molar-refractivity contribution is 0.0917. The van der Waals surface area contributed by atoms with Crippen LogP contribution in [-0.2, 0) is 0 Å². The first kappa shape index (κ1) is 12.1. The smallest absolute Gasteiger partial charge is 0.254 e. The maximum atomic E-state index is 13.4. The van der Waals surface area contributed by atoms with Crippen LogP contribution in [0, 0.1) is 11.7 Å². The first-order valence-corrected chi connectivity index (χ1v) is 6.22. The summed E-state index contributed by atoms with van der Waals surface area (Å²) in [6.07, 6.45) is 4.38. The Kier molecular flexibility index (Phi) is 3.77. The molecule has 1 aliphatic carbocycles. The van der Waals surface area contributed by atoms with Gasteiger partial charge in [-0.3, -0.25) is 4.79 Å². The molecule has 0 saturated heterocycles. The van der Waals surface area contributed by atoms with Crippen molar-refractivity contribution >= 4 is 5.91 Å². The summed E-state index contributed by atoms with van der Waals surface area (Å²) in [4.78, 5) is 11.9. The molecule has 1 fully saturated rings. The normalized spacial score (nSPS) is 24.4. The number of hydrogen-bond acceptors (Lipinski definition) is 1. The van der Waals surface area contributed by atoms with Gasteiger partial charge in [-0.1, -0.05) is 31.9 Å². The Labute approximate surface area is 101 Å². The zero-order valence-corrected chi connectivity index (χ0v) is 10.1. The summed E-state index contributed by atoms with van der Waals surface area (Å²) in [7, 11) is 0. The minimum atomic E-state index is -0.450. The molecule has 0 spiro atoms. The summed E-state index contributed by atoms with van der Waals surface area (Å²) < 4.78 is 13.4. The van der Waals surface area contributed by atoms with E-state index in [0.29, 0.717) is 5.92 Å². The van der Waals surface area contributed by atoms with E-state index in [0.717, 1.165) is 19.3 Å². The van der Waals surface area contributed by atoms with Crippen LogP contribution in [0.15, 0.2) is 24.3 Å². The lowest BCUT2D eigenvalue weighted by Gasteiger charge is -2.27. The fourth-order valence-corrected chi connectivity index (χ4v) is 2.47. The second-order valence-corrected chi connectivity index (χ2v) is 4.92. The van der Waals surface area contributed by atoms with Gasteiger partial charge < -0.3 is 5.32 Å². The van der Waals surface area contributed by atoms with Gasteiger partial charge in [0.2, 0.25) is 0 Å². The quantitative estimate of drug-likeness (QED) is 0.838. The van der Waals surface area contributed by atoms with Gasteiger partial charge in [0.15, 0.2) is 0 Å². The van der Waals surface area contributed by atoms with Crippen molar-refractivity contribution in [2.75, 3.05) is 0 Å². The molecule has 1 aromatic carbocycles. The molecular weight excluding hydrogens is 217 g/mol. The van der Waals surface area contributed by atoms with Gasteiger partial charge in [0.25, 0.3) is 5.91 Å². The maximum Gasteiger partial charge on any atom is 0.254 e. The highest BCUT2D eigenvalue weighted by Crippen LogP contribution is 2.23. The van der Waals surface area contributed by atoms with Crippen LogP contribution in [0.1, 0.15) is 43.0 Å². The number of nitrogens with one attached hydrogen (secondary N) is 1. The molecule has 0 unspecified atom stereocenters. The zero-order valence-electron chi connectivity index (χ0n) is 10.1. The monoisotopic (exact) mass is 235 g/mol. The molecule has 1 aliphatic rings. The van der Waals surface area contributed by atoms with Gasteiger partial charge in [0.1, 0.15) is 5.82 Å². The van der Waals surface area contributed by atoms with Gasteiger partial charge in [0.05, 0.1) is 5.56 Å². The number of benzene rings is 1. The third kappa shape index (κ3) is 3.05. The summed E-state index contributed by atoms with van der Waals surface area (Å²) in [6.45, 7) is 2.20. The lowest BCUT2D eigenvalue weighted by Crippen LogP contribution is -2.38. The minimum absolute atomic E-state index is 0.144. The molecule has 0 radical (unpaired) electrons. The number of amides is 1. The fourth-order valence-electron chi connectivity index (χ4n) is 2.47. The number of halogens is 1. The first-order valence-electron chi connectivity index (χ1n) is 6.22. The molecule has 1 aromatic rings. The van der Waals surface area contributed by atoms with Gasteiger partial charge in [-0.05, 0) is 30.9 Å². The summed E-state index contributed by atoms with van der Waals surface area (Å²) >= 11 is 0. The molecule has 2 rings (SSSR count). The van der Waals surface area contributed by atoms with E-state index < -0.39 is 5.82 Å². The number of rotatable bonds is 2. The number of hydrogen-bond donors (Lipinski definition) is 1. The van der Waals surface area contributed by atoms with Gasteiger partial charge in [0, 0.05) is 6.04 Å². The Morgan fingerprint density at radius 2 is 2.12 bits per heavy atom. The van der Waals surface area contributed by atoms with Gasteiger partial charge in [-0.25, -0.2) is 4.39 Å². The van der Waals surface area contributed by atoms with Crippen LogP contribution in [0.25, 0.3) is 0 Å². The Hall–Kier alpha value is -1.38. The second-order valence-electron chi connectivity index (χ2n) is 4.92. The van der Waals surface area contributed by atoms with Crippen LogP contribution >= 0.6 is 0 Å². The molecule has 0 bridgehead atoms. The van der Waals surface area contributed by atoms with E-state index >= 15 is 0 Å². The minimum Gasteiger partial charge on any atom is -0.349 e. The van der Waals surface area contributed by atoms with Crippen molar-refractivity contribution in [3.8, 4) is 0 Å². The summed E-state index contributed by atoms with van der Waals surface area (Å²) in [5.41, 5.74) is 0.144. The predicted octanol–water partition coefficient (Wildman–Crippen LogP) is 3.13. The van der Waals surface area contributed by atoms with E-state index in [1.54, 1.807) is 12.1 Å². The molecule has 0 aliphatic heterocycles. The van der Waals surface area contributed by atoms with Crippen LogP contribution in [0.4, 0.5) is 4.39 Å². The Morgan fingerprint density at radius 3 is 2.82 bits per heavy atom. The standard InChI is InChI=1S/C14H18FNO/c1-10-5-4-6-11(9-10)16-14(17)12-7-2-3-8-13(12)15/h2-3,7-8,10-11H,4-6,9H2,1H3,(H,16,17)/t10-,11-/m1/s1. The molecule has 1 saturated carbocycles. The molecule has 1 amide bonds. The molecule has 2 atom stereocenters. The van der Waals surface area contributed by atoms with Crippen molar-refractivity contribution in [3.05, 3.63) is 35.6 Å². The average Bonchev–Trinajstić information content (AvgIpc) is 2.29. The highest BCUT2D eigenvalue weighted by Gasteiger charge is 2.21. The lowest BCUT2D eigenvalue weighted by atomic mass is 9.87. The summed E-state index contributed by atoms with van der Waals surface area (Å²) in [5, 5.41) is 2.93. The van der Waals surface area contributed by atoms with E-state index in [4.69, 9.17) is 0 Å². The molecule has 92 valence electrons. The fraction of sp³-hybridized carbons (Fsp3) is 0.500. The van der Waals surface area contributed by atoms with Crippen molar-refractivity contribution in [3.63, 3.8) is 0 Å². The van der Waals surface area contributed by atoms with Crippen LogP contribution in [-0.4, -0.2) is 11.9 Å². The van der Waals surface area contributed by atoms with Crippen molar-refractivity contribution in [2.45, 2.75) is 38.6 Å². The Bertz CT molecular complexity index is 405. The van der Waals surface area contributed by atoms with Crippen LogP contribution < -0.4 is 5.32 Å². The average molecular weight is 235 g/mol. The van der Waals surface area contributed by atoms with Gasteiger partial charge in [-0.2, -0.15) is 0 Å². The van der Waals surface area contributed by atoms with Gasteiger partial charge in [-0.15, -0.1) is 0 Å². The SMILES string of the molecule is C[C@@H]1CCC[C@@H](NC(=O)c2ccccc2F)C1. The van der Waals surface area contributed by atoms with Crippen molar-refractivity contribution < 1.29 is 9.18 Å². The van der Waals surface area contributed by atoms with Crippen molar-refractivity contribution in [1.82, 2.24) is 5.32 Å². The van der Waals surface area contributed by atoms with Crippen LogP contribution in [0.3, 0.4) is 0 Å². The van der Waals surface area contributed by atoms with E-state index in [1.165, 1.54) is 18.6 Å². The third-order valence-corrected chi connectivity index (χ3v) is 3.39. The molecule has 0 aromatic heterocycles. The molecule has 3 heteroatoms.